The average Bonchev–Trinajstić information content (AvgIpc) is 2.71. The van der Waals surface area contributed by atoms with Crippen LogP contribution in [0.25, 0.3) is 10.9 Å². The fourth-order valence-corrected chi connectivity index (χ4v) is 4.58. The third kappa shape index (κ3) is 3.92. The Hall–Kier alpha value is -2.85. The number of amides is 1. The van der Waals surface area contributed by atoms with E-state index < -0.39 is 5.60 Å². The van der Waals surface area contributed by atoms with Gasteiger partial charge < -0.3 is 14.5 Å². The van der Waals surface area contributed by atoms with Gasteiger partial charge in [0.2, 0.25) is 0 Å². The SMILES string of the molecule is C[C@@H]1CN(c2ccc(C#N)c3ncccc23)C[C@@H]2CN(C(=O)OC(C)(C)C)CCN21. The predicted octanol–water partition coefficient (Wildman–Crippen LogP) is 3.24. The Morgan fingerprint density at radius 1 is 1.20 bits per heavy atom. The first kappa shape index (κ1) is 20.4. The third-order valence-corrected chi connectivity index (χ3v) is 5.87. The molecule has 0 aliphatic carbocycles. The lowest BCUT2D eigenvalue weighted by Crippen LogP contribution is -2.66. The molecular formula is C23H29N5O2. The average molecular weight is 408 g/mol. The molecule has 0 bridgehead atoms. The summed E-state index contributed by atoms with van der Waals surface area (Å²) in [6, 6.07) is 10.7. The zero-order valence-corrected chi connectivity index (χ0v) is 18.1. The molecule has 158 valence electrons. The minimum atomic E-state index is -0.492. The Kier molecular flexibility index (Phi) is 5.29. The van der Waals surface area contributed by atoms with Gasteiger partial charge in [0, 0.05) is 62.1 Å². The van der Waals surface area contributed by atoms with Gasteiger partial charge in [0.25, 0.3) is 0 Å². The smallest absolute Gasteiger partial charge is 0.410 e. The molecule has 0 spiro atoms. The number of anilines is 1. The van der Waals surface area contributed by atoms with Crippen molar-refractivity contribution in [3.8, 4) is 6.07 Å². The fraction of sp³-hybridized carbons (Fsp3) is 0.522. The second-order valence-corrected chi connectivity index (χ2v) is 9.22. The number of fused-ring (bicyclic) bond motifs is 2. The van der Waals surface area contributed by atoms with Crippen LogP contribution in [0.2, 0.25) is 0 Å². The maximum absolute atomic E-state index is 12.6. The lowest BCUT2D eigenvalue weighted by molar-refractivity contribution is -0.00654. The molecule has 7 nitrogen and oxygen atoms in total. The van der Waals surface area contributed by atoms with E-state index in [1.54, 1.807) is 6.20 Å². The van der Waals surface area contributed by atoms with Gasteiger partial charge in [-0.05, 0) is 52.0 Å². The van der Waals surface area contributed by atoms with Crippen LogP contribution >= 0.6 is 0 Å². The first-order chi connectivity index (χ1) is 14.3. The zero-order chi connectivity index (χ0) is 21.5. The van der Waals surface area contributed by atoms with E-state index in [1.165, 1.54) is 0 Å². The van der Waals surface area contributed by atoms with Gasteiger partial charge in [-0.2, -0.15) is 5.26 Å². The number of aromatic nitrogens is 1. The highest BCUT2D eigenvalue weighted by Gasteiger charge is 2.38. The number of carbonyl (C=O) groups is 1. The number of hydrogen-bond acceptors (Lipinski definition) is 6. The molecule has 0 saturated carbocycles. The standard InChI is InChI=1S/C23H29N5O2/c1-16-13-27(20-8-7-17(12-24)21-19(20)6-5-9-25-21)15-18-14-26(10-11-28(16)18)22(29)30-23(2,3)4/h5-9,16,18H,10-11,13-15H2,1-4H3/t16-,18+/m1/s1. The van der Waals surface area contributed by atoms with Crippen molar-refractivity contribution in [2.45, 2.75) is 45.4 Å². The molecule has 2 atom stereocenters. The molecule has 1 aromatic carbocycles. The molecule has 2 aromatic rings. The Morgan fingerprint density at radius 2 is 2.00 bits per heavy atom. The van der Waals surface area contributed by atoms with Crippen LogP contribution in [0.3, 0.4) is 0 Å². The molecule has 30 heavy (non-hydrogen) atoms. The molecule has 0 N–H and O–H groups in total. The third-order valence-electron chi connectivity index (χ3n) is 5.87. The summed E-state index contributed by atoms with van der Waals surface area (Å²) < 4.78 is 5.59. The topological polar surface area (TPSA) is 72.7 Å². The molecule has 0 radical (unpaired) electrons. The predicted molar refractivity (Wildman–Crippen MR) is 116 cm³/mol. The number of hydrogen-bond donors (Lipinski definition) is 0. The van der Waals surface area contributed by atoms with Gasteiger partial charge in [-0.1, -0.05) is 0 Å². The molecule has 3 heterocycles. The summed E-state index contributed by atoms with van der Waals surface area (Å²) in [6.07, 6.45) is 1.49. The van der Waals surface area contributed by atoms with E-state index >= 15 is 0 Å². The summed E-state index contributed by atoms with van der Waals surface area (Å²) >= 11 is 0. The van der Waals surface area contributed by atoms with Crippen LogP contribution in [0.4, 0.5) is 10.5 Å². The van der Waals surface area contributed by atoms with Gasteiger partial charge in [0.1, 0.15) is 11.7 Å². The summed E-state index contributed by atoms with van der Waals surface area (Å²) in [4.78, 5) is 23.8. The van der Waals surface area contributed by atoms with Crippen molar-refractivity contribution in [1.29, 1.82) is 5.26 Å². The molecule has 2 aliphatic heterocycles. The lowest BCUT2D eigenvalue weighted by Gasteiger charge is -2.51. The number of ether oxygens (including phenoxy) is 1. The summed E-state index contributed by atoms with van der Waals surface area (Å²) in [5.41, 5.74) is 1.94. The van der Waals surface area contributed by atoms with Crippen molar-refractivity contribution in [1.82, 2.24) is 14.8 Å². The van der Waals surface area contributed by atoms with E-state index in [9.17, 15) is 10.1 Å². The minimum Gasteiger partial charge on any atom is -0.444 e. The van der Waals surface area contributed by atoms with Crippen LogP contribution in [0.1, 0.15) is 33.3 Å². The highest BCUT2D eigenvalue weighted by molar-refractivity contribution is 5.95. The number of benzene rings is 1. The quantitative estimate of drug-likeness (QED) is 0.723. The second-order valence-electron chi connectivity index (χ2n) is 9.22. The number of piperazine rings is 2. The van der Waals surface area contributed by atoms with Crippen LogP contribution < -0.4 is 4.90 Å². The van der Waals surface area contributed by atoms with Crippen LogP contribution in [-0.2, 0) is 4.74 Å². The molecule has 4 rings (SSSR count). The van der Waals surface area contributed by atoms with Gasteiger partial charge in [0.15, 0.2) is 0 Å². The van der Waals surface area contributed by atoms with Gasteiger partial charge in [-0.25, -0.2) is 4.79 Å². The zero-order valence-electron chi connectivity index (χ0n) is 18.1. The highest BCUT2D eigenvalue weighted by atomic mass is 16.6. The maximum atomic E-state index is 12.6. The summed E-state index contributed by atoms with van der Waals surface area (Å²) in [6.45, 7) is 11.9. The summed E-state index contributed by atoms with van der Waals surface area (Å²) in [5, 5.41) is 10.4. The van der Waals surface area contributed by atoms with Crippen LogP contribution in [-0.4, -0.2) is 71.3 Å². The Labute approximate surface area is 177 Å². The summed E-state index contributed by atoms with van der Waals surface area (Å²) in [5.74, 6) is 0. The maximum Gasteiger partial charge on any atom is 0.410 e. The van der Waals surface area contributed by atoms with Crippen molar-refractivity contribution in [3.05, 3.63) is 36.0 Å². The van der Waals surface area contributed by atoms with Gasteiger partial charge in [-0.3, -0.25) is 9.88 Å². The van der Waals surface area contributed by atoms with Gasteiger partial charge in [-0.15, -0.1) is 0 Å². The number of nitrogens with zero attached hydrogens (tertiary/aromatic N) is 5. The van der Waals surface area contributed by atoms with E-state index in [0.717, 1.165) is 36.2 Å². The van der Waals surface area contributed by atoms with E-state index in [2.05, 4.69) is 27.8 Å². The van der Waals surface area contributed by atoms with Crippen LogP contribution in [0.15, 0.2) is 30.5 Å². The number of nitriles is 1. The minimum absolute atomic E-state index is 0.234. The fourth-order valence-electron chi connectivity index (χ4n) is 4.58. The van der Waals surface area contributed by atoms with Crippen molar-refractivity contribution >= 4 is 22.7 Å². The monoisotopic (exact) mass is 407 g/mol. The molecule has 7 heteroatoms. The molecule has 2 saturated heterocycles. The first-order valence-corrected chi connectivity index (χ1v) is 10.5. The Balaban J connectivity index is 1.58. The Morgan fingerprint density at radius 3 is 2.73 bits per heavy atom. The number of rotatable bonds is 1. The molecule has 0 unspecified atom stereocenters. The highest BCUT2D eigenvalue weighted by Crippen LogP contribution is 2.32. The van der Waals surface area contributed by atoms with E-state index in [4.69, 9.17) is 4.74 Å². The van der Waals surface area contributed by atoms with Crippen LogP contribution in [0, 0.1) is 11.3 Å². The van der Waals surface area contributed by atoms with E-state index in [1.807, 2.05) is 49.9 Å². The second kappa shape index (κ2) is 7.77. The van der Waals surface area contributed by atoms with E-state index in [-0.39, 0.29) is 12.1 Å². The molecule has 1 amide bonds. The number of pyridine rings is 1. The molecule has 2 aliphatic rings. The molecule has 1 aromatic heterocycles. The van der Waals surface area contributed by atoms with Crippen molar-refractivity contribution in [2.24, 2.45) is 0 Å². The molecule has 2 fully saturated rings. The Bertz CT molecular complexity index is 993. The largest absolute Gasteiger partial charge is 0.444 e. The molecular weight excluding hydrogens is 378 g/mol. The van der Waals surface area contributed by atoms with Gasteiger partial charge >= 0.3 is 6.09 Å². The first-order valence-electron chi connectivity index (χ1n) is 10.5. The van der Waals surface area contributed by atoms with Crippen molar-refractivity contribution in [3.63, 3.8) is 0 Å². The van der Waals surface area contributed by atoms with Crippen molar-refractivity contribution in [2.75, 3.05) is 37.6 Å². The van der Waals surface area contributed by atoms with E-state index in [0.29, 0.717) is 24.7 Å². The van der Waals surface area contributed by atoms with Crippen molar-refractivity contribution < 1.29 is 9.53 Å². The lowest BCUT2D eigenvalue weighted by atomic mass is 10.0. The normalized spacial score (nSPS) is 22.5. The van der Waals surface area contributed by atoms with Crippen LogP contribution in [0.5, 0.6) is 0 Å². The number of carbonyl (C=O) groups excluding carboxylic acids is 1. The summed E-state index contributed by atoms with van der Waals surface area (Å²) in [7, 11) is 0. The van der Waals surface area contributed by atoms with Gasteiger partial charge in [0.05, 0.1) is 11.1 Å².